The molecule has 1 atom stereocenters. The van der Waals surface area contributed by atoms with Crippen molar-refractivity contribution in [1.82, 2.24) is 0 Å². The van der Waals surface area contributed by atoms with Crippen molar-refractivity contribution in [2.45, 2.75) is 26.9 Å². The molecule has 0 heterocycles. The quantitative estimate of drug-likeness (QED) is 0.625. The van der Waals surface area contributed by atoms with Gasteiger partial charge in [-0.1, -0.05) is 18.3 Å². The molecule has 0 saturated carbocycles. The van der Waals surface area contributed by atoms with Crippen LogP contribution in [-0.2, 0) is 9.09 Å². The van der Waals surface area contributed by atoms with E-state index in [2.05, 4.69) is 0 Å². The zero-order valence-electron chi connectivity index (χ0n) is 6.96. The smallest absolute Gasteiger partial charge is 0.254 e. The van der Waals surface area contributed by atoms with Gasteiger partial charge in [0.1, 0.15) is 0 Å². The van der Waals surface area contributed by atoms with E-state index in [1.165, 1.54) is 11.4 Å². The van der Waals surface area contributed by atoms with Gasteiger partial charge in [0, 0.05) is 6.66 Å². The van der Waals surface area contributed by atoms with Gasteiger partial charge in [0.2, 0.25) is 0 Å². The van der Waals surface area contributed by atoms with Crippen molar-refractivity contribution in [2.75, 3.05) is 12.4 Å². The summed E-state index contributed by atoms with van der Waals surface area (Å²) < 4.78 is 16.6. The first-order valence-corrected chi connectivity index (χ1v) is 7.04. The third-order valence-corrected chi connectivity index (χ3v) is 4.74. The lowest BCUT2D eigenvalue weighted by Crippen LogP contribution is -1.97. The minimum Gasteiger partial charge on any atom is -0.319 e. The second kappa shape index (κ2) is 4.42. The molecule has 0 saturated heterocycles. The van der Waals surface area contributed by atoms with E-state index < -0.39 is 6.57 Å². The normalized spacial score (nSPS) is 17.3. The summed E-state index contributed by atoms with van der Waals surface area (Å²) in [5.41, 5.74) is 0. The highest BCUT2D eigenvalue weighted by Crippen LogP contribution is 2.56. The van der Waals surface area contributed by atoms with Gasteiger partial charge >= 0.3 is 0 Å². The highest BCUT2D eigenvalue weighted by atomic mass is 32.7. The van der Waals surface area contributed by atoms with Gasteiger partial charge in [-0.05, 0) is 19.6 Å². The maximum absolute atomic E-state index is 11.4. The van der Waals surface area contributed by atoms with Gasteiger partial charge in [0.15, 0.2) is 0 Å². The van der Waals surface area contributed by atoms with Crippen LogP contribution in [0.2, 0.25) is 0 Å². The molecule has 0 rings (SSSR count). The Hall–Kier alpha value is 0.540. The fourth-order valence-electron chi connectivity index (χ4n) is 0.648. The third-order valence-electron chi connectivity index (χ3n) is 0.766. The van der Waals surface area contributed by atoms with Crippen LogP contribution in [0.1, 0.15) is 20.8 Å². The molecular weight excluding hydrogens is 167 g/mol. The summed E-state index contributed by atoms with van der Waals surface area (Å²) in [4.78, 5) is 0. The van der Waals surface area contributed by atoms with Gasteiger partial charge in [0.25, 0.3) is 6.57 Å². The molecule has 0 aromatic heterocycles. The minimum atomic E-state index is -2.33. The molecule has 0 aliphatic heterocycles. The van der Waals surface area contributed by atoms with Crippen LogP contribution in [-0.4, -0.2) is 18.5 Å². The van der Waals surface area contributed by atoms with Crippen LogP contribution in [0, 0.1) is 0 Å². The Kier molecular flexibility index (Phi) is 4.66. The number of hydrogen-bond acceptors (Lipinski definition) is 3. The first-order valence-electron chi connectivity index (χ1n) is 3.38. The van der Waals surface area contributed by atoms with Crippen LogP contribution in [0.25, 0.3) is 0 Å². The maximum Gasteiger partial charge on any atom is 0.254 e. The Labute approximate surface area is 66.9 Å². The molecule has 4 heteroatoms. The van der Waals surface area contributed by atoms with Crippen LogP contribution in [0.5, 0.6) is 0 Å². The molecular formula is C6H15O2PS. The van der Waals surface area contributed by atoms with Crippen molar-refractivity contribution in [3.63, 3.8) is 0 Å². The van der Waals surface area contributed by atoms with Crippen molar-refractivity contribution < 1.29 is 9.09 Å². The molecule has 10 heavy (non-hydrogen) atoms. The van der Waals surface area contributed by atoms with E-state index in [-0.39, 0.29) is 6.10 Å². The third kappa shape index (κ3) is 5.33. The Balaban J connectivity index is 3.75. The van der Waals surface area contributed by atoms with Crippen molar-refractivity contribution in [1.29, 1.82) is 0 Å². The van der Waals surface area contributed by atoms with E-state index in [0.717, 1.165) is 5.75 Å². The van der Waals surface area contributed by atoms with E-state index in [1.54, 1.807) is 6.66 Å². The average Bonchev–Trinajstić information content (AvgIpc) is 1.59. The first kappa shape index (κ1) is 10.5. The Morgan fingerprint density at radius 1 is 1.60 bits per heavy atom. The molecule has 62 valence electrons. The predicted octanol–water partition coefficient (Wildman–Crippen LogP) is 2.99. The molecule has 0 N–H and O–H groups in total. The zero-order chi connectivity index (χ0) is 8.20. The van der Waals surface area contributed by atoms with Crippen LogP contribution in [0.3, 0.4) is 0 Å². The van der Waals surface area contributed by atoms with E-state index >= 15 is 0 Å². The fourth-order valence-corrected chi connectivity index (χ4v) is 4.05. The largest absolute Gasteiger partial charge is 0.319 e. The van der Waals surface area contributed by atoms with E-state index in [9.17, 15) is 4.57 Å². The summed E-state index contributed by atoms with van der Waals surface area (Å²) in [7, 11) is 0. The minimum absolute atomic E-state index is 0.0647. The molecule has 0 amide bonds. The summed E-state index contributed by atoms with van der Waals surface area (Å²) in [5, 5.41) is 0. The van der Waals surface area contributed by atoms with E-state index in [1.807, 2.05) is 20.8 Å². The van der Waals surface area contributed by atoms with Crippen molar-refractivity contribution in [2.24, 2.45) is 0 Å². The summed E-state index contributed by atoms with van der Waals surface area (Å²) in [6.45, 7) is 5.10. The molecule has 0 bridgehead atoms. The van der Waals surface area contributed by atoms with Gasteiger partial charge in [-0.2, -0.15) is 0 Å². The molecule has 0 spiro atoms. The SMILES string of the molecule is CCSP(C)(=O)OC(C)C. The summed E-state index contributed by atoms with van der Waals surface area (Å²) in [6.07, 6.45) is 0.0647. The second-order valence-corrected chi connectivity index (χ2v) is 7.70. The first-order chi connectivity index (χ1) is 4.48. The monoisotopic (exact) mass is 182 g/mol. The highest BCUT2D eigenvalue weighted by molar-refractivity contribution is 8.56. The second-order valence-electron chi connectivity index (χ2n) is 2.34. The predicted molar refractivity (Wildman–Crippen MR) is 47.9 cm³/mol. The molecule has 0 aliphatic rings. The van der Waals surface area contributed by atoms with Crippen LogP contribution in [0.15, 0.2) is 0 Å². The topological polar surface area (TPSA) is 26.3 Å². The lowest BCUT2D eigenvalue weighted by Gasteiger charge is -2.14. The Morgan fingerprint density at radius 2 is 2.10 bits per heavy atom. The molecule has 0 aromatic rings. The average molecular weight is 182 g/mol. The molecule has 0 fully saturated rings. The highest BCUT2D eigenvalue weighted by Gasteiger charge is 2.16. The number of rotatable bonds is 4. The van der Waals surface area contributed by atoms with Crippen LogP contribution in [0.4, 0.5) is 0 Å². The standard InChI is InChI=1S/C6H15O2PS/c1-5-10-9(4,7)8-6(2)3/h6H,5H2,1-4H3. The fraction of sp³-hybridized carbons (Fsp3) is 1.00. The van der Waals surface area contributed by atoms with Gasteiger partial charge in [-0.25, -0.2) is 0 Å². The molecule has 0 aromatic carbocycles. The zero-order valence-corrected chi connectivity index (χ0v) is 8.67. The summed E-state index contributed by atoms with van der Waals surface area (Å²) >= 11 is 1.40. The van der Waals surface area contributed by atoms with Gasteiger partial charge in [-0.15, -0.1) is 0 Å². The molecule has 1 unspecified atom stereocenters. The summed E-state index contributed by atoms with van der Waals surface area (Å²) in [5.74, 6) is 0.848. The molecule has 2 nitrogen and oxygen atoms in total. The Bertz CT molecular complexity index is 136. The van der Waals surface area contributed by atoms with Crippen LogP contribution >= 0.6 is 18.0 Å². The molecule has 0 aliphatic carbocycles. The summed E-state index contributed by atoms with van der Waals surface area (Å²) in [6, 6.07) is 0. The molecule has 0 radical (unpaired) electrons. The van der Waals surface area contributed by atoms with E-state index in [4.69, 9.17) is 4.52 Å². The van der Waals surface area contributed by atoms with Crippen molar-refractivity contribution in [3.05, 3.63) is 0 Å². The Morgan fingerprint density at radius 3 is 2.40 bits per heavy atom. The van der Waals surface area contributed by atoms with Crippen LogP contribution < -0.4 is 0 Å². The maximum atomic E-state index is 11.4. The van der Waals surface area contributed by atoms with Crippen molar-refractivity contribution >= 4 is 18.0 Å². The lowest BCUT2D eigenvalue weighted by atomic mass is 10.5. The van der Waals surface area contributed by atoms with Gasteiger partial charge < -0.3 is 4.52 Å². The lowest BCUT2D eigenvalue weighted by molar-refractivity contribution is 0.255. The van der Waals surface area contributed by atoms with E-state index in [0.29, 0.717) is 0 Å². The number of hydrogen-bond donors (Lipinski definition) is 0. The van der Waals surface area contributed by atoms with Gasteiger partial charge in [-0.3, -0.25) is 4.57 Å². The van der Waals surface area contributed by atoms with Gasteiger partial charge in [0.05, 0.1) is 6.10 Å². The van der Waals surface area contributed by atoms with Crippen molar-refractivity contribution in [3.8, 4) is 0 Å².